The number of hydrogen-bond acceptors (Lipinski definition) is 6. The molecule has 0 saturated heterocycles. The fourth-order valence-electron chi connectivity index (χ4n) is 3.19. The largest absolute Gasteiger partial charge is 0.465 e. The fourth-order valence-corrected chi connectivity index (χ4v) is 4.35. The van der Waals surface area contributed by atoms with Gasteiger partial charge in [-0.25, -0.2) is 0 Å². The van der Waals surface area contributed by atoms with Crippen molar-refractivity contribution in [3.05, 3.63) is 35.9 Å². The van der Waals surface area contributed by atoms with Crippen molar-refractivity contribution >= 4 is 33.8 Å². The maximum absolute atomic E-state index is 12.8. The van der Waals surface area contributed by atoms with Gasteiger partial charge in [0.1, 0.15) is 0 Å². The molecule has 25 heavy (non-hydrogen) atoms. The molecule has 2 rings (SSSR count). The van der Waals surface area contributed by atoms with Crippen LogP contribution in [0.4, 0.5) is 0 Å². The highest BCUT2D eigenvalue weighted by atomic mass is 79.9. The van der Waals surface area contributed by atoms with Crippen LogP contribution in [0.2, 0.25) is 0 Å². The van der Waals surface area contributed by atoms with Gasteiger partial charge in [-0.1, -0.05) is 46.3 Å². The number of ether oxygens (including phenoxy) is 3. The predicted molar refractivity (Wildman–Crippen MR) is 93.2 cm³/mol. The zero-order valence-corrected chi connectivity index (χ0v) is 16.0. The second-order valence-electron chi connectivity index (χ2n) is 5.52. The zero-order chi connectivity index (χ0) is 18.7. The van der Waals surface area contributed by atoms with E-state index >= 15 is 0 Å². The summed E-state index contributed by atoms with van der Waals surface area (Å²) in [5.74, 6) is -3.07. The highest BCUT2D eigenvalue weighted by Gasteiger charge is 2.90. The summed E-state index contributed by atoms with van der Waals surface area (Å²) in [7, 11) is 0. The molecule has 7 heteroatoms. The number of halogens is 1. The van der Waals surface area contributed by atoms with E-state index in [4.69, 9.17) is 14.2 Å². The predicted octanol–water partition coefficient (Wildman–Crippen LogP) is 2.59. The Morgan fingerprint density at radius 2 is 1.32 bits per heavy atom. The van der Waals surface area contributed by atoms with E-state index in [0.717, 1.165) is 0 Å². The minimum absolute atomic E-state index is 0.0768. The van der Waals surface area contributed by atoms with Crippen LogP contribution < -0.4 is 0 Å². The van der Waals surface area contributed by atoms with Gasteiger partial charge in [-0.2, -0.15) is 0 Å². The van der Waals surface area contributed by atoms with Gasteiger partial charge < -0.3 is 14.2 Å². The first-order valence-electron chi connectivity index (χ1n) is 8.18. The maximum Gasteiger partial charge on any atom is 0.326 e. The van der Waals surface area contributed by atoms with Gasteiger partial charge in [0.05, 0.1) is 19.8 Å². The van der Waals surface area contributed by atoms with Crippen molar-refractivity contribution in [2.24, 2.45) is 5.41 Å². The molecule has 0 bridgehead atoms. The zero-order valence-electron chi connectivity index (χ0n) is 14.4. The normalized spacial score (nSPS) is 23.4. The molecule has 1 aromatic rings. The van der Waals surface area contributed by atoms with E-state index in [-0.39, 0.29) is 19.8 Å². The lowest BCUT2D eigenvalue weighted by Gasteiger charge is -2.17. The third-order valence-corrected chi connectivity index (χ3v) is 5.63. The molecular weight excluding hydrogens is 392 g/mol. The van der Waals surface area contributed by atoms with Crippen molar-refractivity contribution < 1.29 is 28.6 Å². The van der Waals surface area contributed by atoms with E-state index < -0.39 is 33.6 Å². The molecule has 136 valence electrons. The number of carbonyl (C=O) groups excluding carboxylic acids is 3. The van der Waals surface area contributed by atoms with E-state index in [1.165, 1.54) is 0 Å². The number of alkyl halides is 1. The molecule has 2 atom stereocenters. The SMILES string of the molecule is CCOC(=O)C1(Br)C(c2ccccc2)C1(C(=O)OCC)C(=O)OCC. The molecule has 1 aliphatic carbocycles. The number of hydrogen-bond donors (Lipinski definition) is 0. The van der Waals surface area contributed by atoms with Gasteiger partial charge in [0.25, 0.3) is 0 Å². The molecule has 1 aromatic carbocycles. The van der Waals surface area contributed by atoms with Crippen LogP contribution in [0.15, 0.2) is 30.3 Å². The van der Waals surface area contributed by atoms with Crippen LogP contribution in [0.3, 0.4) is 0 Å². The third-order valence-electron chi connectivity index (χ3n) is 4.22. The molecule has 0 heterocycles. The van der Waals surface area contributed by atoms with Gasteiger partial charge in [-0.05, 0) is 26.3 Å². The Bertz CT molecular complexity index is 641. The number of carbonyl (C=O) groups is 3. The number of esters is 3. The summed E-state index contributed by atoms with van der Waals surface area (Å²) >= 11 is 3.35. The average Bonchev–Trinajstić information content (AvgIpc) is 3.19. The lowest BCUT2D eigenvalue weighted by Crippen LogP contribution is -2.40. The minimum atomic E-state index is -1.81. The van der Waals surface area contributed by atoms with Gasteiger partial charge in [0.15, 0.2) is 9.74 Å². The van der Waals surface area contributed by atoms with Crippen LogP contribution in [0, 0.1) is 5.41 Å². The molecule has 0 radical (unpaired) electrons. The van der Waals surface area contributed by atoms with Crippen molar-refractivity contribution in [3.63, 3.8) is 0 Å². The second kappa shape index (κ2) is 7.56. The Kier molecular flexibility index (Phi) is 5.87. The first-order chi connectivity index (χ1) is 11.9. The summed E-state index contributed by atoms with van der Waals surface area (Å²) < 4.78 is 13.8. The molecular formula is C18H21BrO6. The van der Waals surface area contributed by atoms with Gasteiger partial charge in [0.2, 0.25) is 0 Å². The van der Waals surface area contributed by atoms with E-state index in [0.29, 0.717) is 5.56 Å². The van der Waals surface area contributed by atoms with Gasteiger partial charge in [0, 0.05) is 5.92 Å². The van der Waals surface area contributed by atoms with Crippen molar-refractivity contribution in [3.8, 4) is 0 Å². The van der Waals surface area contributed by atoms with Crippen LogP contribution in [-0.4, -0.2) is 42.1 Å². The monoisotopic (exact) mass is 412 g/mol. The van der Waals surface area contributed by atoms with E-state index in [9.17, 15) is 14.4 Å². The topological polar surface area (TPSA) is 78.9 Å². The van der Waals surface area contributed by atoms with E-state index in [1.54, 1.807) is 45.0 Å². The summed E-state index contributed by atoms with van der Waals surface area (Å²) in [4.78, 5) is 38.2. The van der Waals surface area contributed by atoms with Crippen molar-refractivity contribution in [2.75, 3.05) is 19.8 Å². The maximum atomic E-state index is 12.8. The molecule has 0 aliphatic heterocycles. The molecule has 0 N–H and O–H groups in total. The van der Waals surface area contributed by atoms with Gasteiger partial charge in [-0.3, -0.25) is 14.4 Å². The molecule has 0 aromatic heterocycles. The lowest BCUT2D eigenvalue weighted by atomic mass is 9.98. The van der Waals surface area contributed by atoms with Crippen molar-refractivity contribution in [1.82, 2.24) is 0 Å². The Hall–Kier alpha value is -1.89. The minimum Gasteiger partial charge on any atom is -0.465 e. The number of benzene rings is 1. The van der Waals surface area contributed by atoms with E-state index in [1.807, 2.05) is 6.07 Å². The first kappa shape index (κ1) is 19.4. The Balaban J connectivity index is 2.61. The van der Waals surface area contributed by atoms with Gasteiger partial charge >= 0.3 is 17.9 Å². The first-order valence-corrected chi connectivity index (χ1v) is 8.97. The summed E-state index contributed by atoms with van der Waals surface area (Å²) in [5.41, 5.74) is -1.17. The molecule has 1 aliphatic rings. The highest BCUT2D eigenvalue weighted by molar-refractivity contribution is 9.10. The van der Waals surface area contributed by atoms with Crippen LogP contribution in [-0.2, 0) is 28.6 Å². The Labute approximate surface area is 154 Å². The quantitative estimate of drug-likeness (QED) is 0.296. The Morgan fingerprint density at radius 3 is 1.76 bits per heavy atom. The van der Waals surface area contributed by atoms with Gasteiger partial charge in [-0.15, -0.1) is 0 Å². The van der Waals surface area contributed by atoms with Crippen LogP contribution in [0.1, 0.15) is 32.3 Å². The number of rotatable bonds is 7. The molecule has 0 spiro atoms. The standard InChI is InChI=1S/C18H21BrO6/c1-4-23-14(20)17(15(21)24-5-2)13(12-10-8-7-9-11-12)18(17,19)16(22)25-6-3/h7-11,13H,4-6H2,1-3H3. The highest BCUT2D eigenvalue weighted by Crippen LogP contribution is 2.74. The molecule has 6 nitrogen and oxygen atoms in total. The summed E-state index contributed by atoms with van der Waals surface area (Å²) in [6, 6.07) is 8.85. The second-order valence-corrected chi connectivity index (χ2v) is 6.78. The summed E-state index contributed by atoms with van der Waals surface area (Å²) in [6.45, 7) is 5.20. The smallest absolute Gasteiger partial charge is 0.326 e. The van der Waals surface area contributed by atoms with E-state index in [2.05, 4.69) is 15.9 Å². The van der Waals surface area contributed by atoms with Crippen LogP contribution >= 0.6 is 15.9 Å². The third kappa shape index (κ3) is 2.84. The van der Waals surface area contributed by atoms with Crippen molar-refractivity contribution in [2.45, 2.75) is 31.0 Å². The molecule has 1 fully saturated rings. The molecule has 1 saturated carbocycles. The average molecular weight is 413 g/mol. The molecule has 0 amide bonds. The lowest BCUT2D eigenvalue weighted by molar-refractivity contribution is -0.167. The molecule has 2 unspecified atom stereocenters. The summed E-state index contributed by atoms with van der Waals surface area (Å²) in [6.07, 6.45) is 0. The fraction of sp³-hybridized carbons (Fsp3) is 0.500. The summed E-state index contributed by atoms with van der Waals surface area (Å²) in [5, 5.41) is 0. The van der Waals surface area contributed by atoms with Crippen LogP contribution in [0.5, 0.6) is 0 Å². The van der Waals surface area contributed by atoms with Crippen LogP contribution in [0.25, 0.3) is 0 Å². The van der Waals surface area contributed by atoms with Crippen molar-refractivity contribution in [1.29, 1.82) is 0 Å². The Morgan fingerprint density at radius 1 is 0.880 bits per heavy atom.